The maximum absolute atomic E-state index is 12.3. The molecule has 0 saturated carbocycles. The van der Waals surface area contributed by atoms with Crippen LogP contribution in [0.25, 0.3) is 0 Å². The third kappa shape index (κ3) is 3.85. The van der Waals surface area contributed by atoms with E-state index in [9.17, 15) is 4.79 Å². The number of halogens is 1. The Morgan fingerprint density at radius 1 is 1.04 bits per heavy atom. The van der Waals surface area contributed by atoms with Crippen molar-refractivity contribution >= 4 is 17.6 Å². The largest absolute Gasteiger partial charge is 0.430 e. The third-order valence-electron chi connectivity index (χ3n) is 4.67. The molecule has 0 spiro atoms. The molecule has 7 heteroatoms. The number of carbonyl (C=O) groups is 1. The first-order valence-electron chi connectivity index (χ1n) is 8.76. The van der Waals surface area contributed by atoms with Gasteiger partial charge in [-0.1, -0.05) is 48.5 Å². The highest BCUT2D eigenvalue weighted by Gasteiger charge is 2.49. The molecule has 2 aliphatic heterocycles. The number of benzene rings is 2. The van der Waals surface area contributed by atoms with Crippen LogP contribution in [-0.4, -0.2) is 42.5 Å². The topological polar surface area (TPSA) is 80.0 Å². The number of alkyl halides is 1. The molecule has 2 saturated heterocycles. The van der Waals surface area contributed by atoms with Gasteiger partial charge in [0.2, 0.25) is 6.29 Å². The highest BCUT2D eigenvalue weighted by molar-refractivity contribution is 6.21. The van der Waals surface area contributed by atoms with E-state index in [0.29, 0.717) is 5.56 Å². The Labute approximate surface area is 162 Å². The lowest BCUT2D eigenvalue weighted by atomic mass is 9.99. The second-order valence-electron chi connectivity index (χ2n) is 6.51. The Morgan fingerprint density at radius 2 is 1.70 bits per heavy atom. The van der Waals surface area contributed by atoms with Gasteiger partial charge in [0.25, 0.3) is 0 Å². The highest BCUT2D eigenvalue weighted by Crippen LogP contribution is 2.36. The first kappa shape index (κ1) is 18.4. The highest BCUT2D eigenvalue weighted by atomic mass is 35.5. The van der Waals surface area contributed by atoms with E-state index in [-0.39, 0.29) is 6.61 Å². The van der Waals surface area contributed by atoms with E-state index in [1.807, 2.05) is 36.4 Å². The molecule has 142 valence electrons. The molecule has 2 fully saturated rings. The second-order valence-corrected chi connectivity index (χ2v) is 7.02. The minimum Gasteiger partial charge on any atom is -0.430 e. The van der Waals surface area contributed by atoms with Crippen molar-refractivity contribution in [1.29, 1.82) is 0 Å². The lowest BCUT2D eigenvalue weighted by Gasteiger charge is -2.46. The van der Waals surface area contributed by atoms with Crippen molar-refractivity contribution in [2.45, 2.75) is 36.2 Å². The van der Waals surface area contributed by atoms with Gasteiger partial charge in [0.1, 0.15) is 12.2 Å². The van der Waals surface area contributed by atoms with Crippen molar-refractivity contribution in [1.82, 2.24) is 0 Å². The summed E-state index contributed by atoms with van der Waals surface area (Å²) < 4.78 is 23.1. The van der Waals surface area contributed by atoms with Gasteiger partial charge in [-0.15, -0.1) is 11.6 Å². The van der Waals surface area contributed by atoms with Crippen LogP contribution in [0.15, 0.2) is 60.7 Å². The van der Waals surface area contributed by atoms with Gasteiger partial charge in [-0.2, -0.15) is 0 Å². The van der Waals surface area contributed by atoms with E-state index in [0.717, 1.165) is 5.56 Å². The van der Waals surface area contributed by atoms with Gasteiger partial charge < -0.3 is 24.7 Å². The molecule has 2 aromatic carbocycles. The summed E-state index contributed by atoms with van der Waals surface area (Å²) in [5.41, 5.74) is 7.50. The van der Waals surface area contributed by atoms with E-state index < -0.39 is 42.2 Å². The molecular formula is C20H20ClNO5. The van der Waals surface area contributed by atoms with Crippen molar-refractivity contribution in [3.63, 3.8) is 0 Å². The predicted octanol–water partition coefficient (Wildman–Crippen LogP) is 2.62. The third-order valence-corrected chi connectivity index (χ3v) is 5.21. The zero-order valence-electron chi connectivity index (χ0n) is 14.4. The van der Waals surface area contributed by atoms with Gasteiger partial charge in [0.15, 0.2) is 6.29 Å². The van der Waals surface area contributed by atoms with Crippen molar-refractivity contribution < 1.29 is 23.7 Å². The van der Waals surface area contributed by atoms with E-state index >= 15 is 0 Å². The molecular weight excluding hydrogens is 370 g/mol. The summed E-state index contributed by atoms with van der Waals surface area (Å²) in [6.45, 7) is 0.263. The fourth-order valence-corrected chi connectivity index (χ4v) is 3.56. The van der Waals surface area contributed by atoms with Crippen LogP contribution in [0.3, 0.4) is 0 Å². The molecule has 0 radical (unpaired) electrons. The molecule has 2 aromatic rings. The molecule has 0 amide bonds. The van der Waals surface area contributed by atoms with E-state index in [4.69, 9.17) is 36.3 Å². The summed E-state index contributed by atoms with van der Waals surface area (Å²) in [4.78, 5) is 12.3. The fourth-order valence-electron chi connectivity index (χ4n) is 3.21. The number of carbonyl (C=O) groups excluding carboxylic acids is 1. The molecule has 6 atom stereocenters. The quantitative estimate of drug-likeness (QED) is 0.642. The number of hydrogen-bond acceptors (Lipinski definition) is 6. The van der Waals surface area contributed by atoms with E-state index in [1.54, 1.807) is 24.3 Å². The number of rotatable bonds is 3. The van der Waals surface area contributed by atoms with Crippen molar-refractivity contribution in [2.24, 2.45) is 5.73 Å². The molecule has 2 heterocycles. The van der Waals surface area contributed by atoms with Crippen LogP contribution in [0.1, 0.15) is 22.2 Å². The second kappa shape index (κ2) is 7.96. The van der Waals surface area contributed by atoms with Gasteiger partial charge >= 0.3 is 5.97 Å². The first-order chi connectivity index (χ1) is 13.1. The summed E-state index contributed by atoms with van der Waals surface area (Å²) in [5.74, 6) is -0.516. The summed E-state index contributed by atoms with van der Waals surface area (Å²) in [6.07, 6.45) is -2.44. The number of ether oxygens (including phenoxy) is 4. The SMILES string of the molecule is N[C@H]1[C@@H](OC(=O)c2ccccc2)O[C@@H]2COC(c3ccccc3)O[C@H]2[C@@H]1Cl. The molecule has 4 rings (SSSR count). The fraction of sp³-hybridized carbons (Fsp3) is 0.350. The number of esters is 1. The molecule has 0 aromatic heterocycles. The smallest absolute Gasteiger partial charge is 0.340 e. The van der Waals surface area contributed by atoms with Crippen LogP contribution in [0, 0.1) is 0 Å². The normalized spacial score (nSPS) is 33.1. The Kier molecular flexibility index (Phi) is 5.43. The van der Waals surface area contributed by atoms with Crippen LogP contribution in [0.2, 0.25) is 0 Å². The zero-order chi connectivity index (χ0) is 18.8. The van der Waals surface area contributed by atoms with Crippen LogP contribution in [0.5, 0.6) is 0 Å². The molecule has 2 N–H and O–H groups in total. The molecule has 2 aliphatic rings. The van der Waals surface area contributed by atoms with Gasteiger partial charge in [-0.25, -0.2) is 4.79 Å². The lowest BCUT2D eigenvalue weighted by Crippen LogP contribution is -2.63. The summed E-state index contributed by atoms with van der Waals surface area (Å²) in [7, 11) is 0. The zero-order valence-corrected chi connectivity index (χ0v) is 15.2. The van der Waals surface area contributed by atoms with Crippen molar-refractivity contribution in [3.05, 3.63) is 71.8 Å². The number of nitrogens with two attached hydrogens (primary N) is 1. The Morgan fingerprint density at radius 3 is 2.41 bits per heavy atom. The van der Waals surface area contributed by atoms with E-state index in [1.165, 1.54) is 0 Å². The predicted molar refractivity (Wildman–Crippen MR) is 98.1 cm³/mol. The monoisotopic (exact) mass is 389 g/mol. The van der Waals surface area contributed by atoms with Gasteiger partial charge in [-0.3, -0.25) is 0 Å². The Bertz CT molecular complexity index is 772. The van der Waals surface area contributed by atoms with Crippen molar-refractivity contribution in [2.75, 3.05) is 6.61 Å². The standard InChI is InChI=1S/C20H20ClNO5/c21-15-16(22)20(27-18(23)12-7-3-1-4-8-12)25-14-11-24-19(26-17(14)15)13-9-5-2-6-10-13/h1-10,14-17,19-20H,11,22H2/t14-,15-,16-,17-,19?,20-/m1/s1. The molecule has 0 bridgehead atoms. The molecule has 27 heavy (non-hydrogen) atoms. The van der Waals surface area contributed by atoms with Gasteiger partial charge in [-0.05, 0) is 12.1 Å². The summed E-state index contributed by atoms with van der Waals surface area (Å²) in [6, 6.07) is 17.5. The molecule has 1 unspecified atom stereocenters. The van der Waals surface area contributed by atoms with Gasteiger partial charge in [0.05, 0.1) is 23.6 Å². The summed E-state index contributed by atoms with van der Waals surface area (Å²) >= 11 is 6.54. The van der Waals surface area contributed by atoms with Crippen LogP contribution in [0.4, 0.5) is 0 Å². The Hall–Kier alpha value is -1.96. The first-order valence-corrected chi connectivity index (χ1v) is 9.20. The average molecular weight is 390 g/mol. The average Bonchev–Trinajstić information content (AvgIpc) is 2.73. The minimum atomic E-state index is -0.970. The van der Waals surface area contributed by atoms with Crippen molar-refractivity contribution in [3.8, 4) is 0 Å². The molecule has 6 nitrogen and oxygen atoms in total. The molecule has 0 aliphatic carbocycles. The summed E-state index contributed by atoms with van der Waals surface area (Å²) in [5, 5.41) is -0.590. The maximum Gasteiger partial charge on any atom is 0.340 e. The minimum absolute atomic E-state index is 0.263. The van der Waals surface area contributed by atoms with Crippen LogP contribution in [-0.2, 0) is 18.9 Å². The van der Waals surface area contributed by atoms with Gasteiger partial charge in [0, 0.05) is 5.56 Å². The number of hydrogen-bond donors (Lipinski definition) is 1. The van der Waals surface area contributed by atoms with Crippen LogP contribution >= 0.6 is 11.6 Å². The maximum atomic E-state index is 12.3. The van der Waals surface area contributed by atoms with E-state index in [2.05, 4.69) is 0 Å². The van der Waals surface area contributed by atoms with Crippen LogP contribution < -0.4 is 5.73 Å². The number of fused-ring (bicyclic) bond motifs is 1. The Balaban J connectivity index is 1.44. The lowest BCUT2D eigenvalue weighted by molar-refractivity contribution is -0.310.